The van der Waals surface area contributed by atoms with Gasteiger partial charge in [0.05, 0.1) is 13.5 Å². The van der Waals surface area contributed by atoms with Gasteiger partial charge in [0.1, 0.15) is 5.75 Å². The molecule has 0 radical (unpaired) electrons. The first kappa shape index (κ1) is 19.9. The molecule has 0 saturated heterocycles. The van der Waals surface area contributed by atoms with Gasteiger partial charge in [-0.05, 0) is 76.9 Å². The number of carboxylic acids is 1. The van der Waals surface area contributed by atoms with Gasteiger partial charge in [-0.25, -0.2) is 0 Å². The van der Waals surface area contributed by atoms with Gasteiger partial charge in [0.15, 0.2) is 0 Å². The van der Waals surface area contributed by atoms with Gasteiger partial charge in [-0.1, -0.05) is 50.1 Å². The number of methoxy groups -OCH3 is 1. The van der Waals surface area contributed by atoms with Crippen molar-refractivity contribution in [2.24, 2.45) is 0 Å². The number of rotatable bonds is 8. The summed E-state index contributed by atoms with van der Waals surface area (Å²) in [4.78, 5) is 11.4. The van der Waals surface area contributed by atoms with Crippen LogP contribution in [-0.2, 0) is 11.2 Å². The quantitative estimate of drug-likeness (QED) is 0.556. The second kappa shape index (κ2) is 8.92. The lowest BCUT2D eigenvalue weighted by Gasteiger charge is -2.07. The Morgan fingerprint density at radius 1 is 1.07 bits per heavy atom. The largest absolute Gasteiger partial charge is 0.497 e. The molecule has 0 spiro atoms. The van der Waals surface area contributed by atoms with Gasteiger partial charge in [-0.2, -0.15) is 0 Å². The topological polar surface area (TPSA) is 46.5 Å². The molecule has 1 aliphatic rings. The summed E-state index contributed by atoms with van der Waals surface area (Å²) < 4.78 is 5.35. The predicted octanol–water partition coefficient (Wildman–Crippen LogP) is 6.23. The van der Waals surface area contributed by atoms with E-state index >= 15 is 0 Å². The van der Waals surface area contributed by atoms with Crippen molar-refractivity contribution in [3.63, 3.8) is 0 Å². The minimum Gasteiger partial charge on any atom is -0.497 e. The first-order chi connectivity index (χ1) is 13.5. The van der Waals surface area contributed by atoms with Crippen LogP contribution in [0.25, 0.3) is 17.2 Å². The summed E-state index contributed by atoms with van der Waals surface area (Å²) in [6.45, 7) is 4.23. The molecular formula is C25H28O3. The second-order valence-electron chi connectivity index (χ2n) is 7.34. The fourth-order valence-electron chi connectivity index (χ4n) is 3.79. The first-order valence-corrected chi connectivity index (χ1v) is 9.94. The van der Waals surface area contributed by atoms with Gasteiger partial charge in [-0.15, -0.1) is 0 Å². The summed E-state index contributed by atoms with van der Waals surface area (Å²) in [5, 5.41) is 9.35. The van der Waals surface area contributed by atoms with Crippen LogP contribution in [0.15, 0.2) is 48.0 Å². The summed E-state index contributed by atoms with van der Waals surface area (Å²) in [5.41, 5.74) is 7.51. The smallest absolute Gasteiger partial charge is 0.307 e. The zero-order valence-corrected chi connectivity index (χ0v) is 16.9. The standard InChI is InChI=1S/C25H28O3/c1-4-5-6-7-18-8-10-19(11-9-18)14-22-17(2)23(16-25(26)27)24-15-20(28-3)12-13-21(22)24/h8-15H,4-7,16H2,1-3H3,(H,26,27)/b22-14-. The first-order valence-electron chi connectivity index (χ1n) is 9.94. The van der Waals surface area contributed by atoms with E-state index in [0.29, 0.717) is 0 Å². The number of fused-ring (bicyclic) bond motifs is 1. The van der Waals surface area contributed by atoms with E-state index in [1.807, 2.05) is 25.1 Å². The number of aliphatic carboxylic acids is 1. The molecule has 0 aromatic heterocycles. The van der Waals surface area contributed by atoms with E-state index in [4.69, 9.17) is 4.74 Å². The van der Waals surface area contributed by atoms with Crippen molar-refractivity contribution in [1.82, 2.24) is 0 Å². The van der Waals surface area contributed by atoms with Crippen LogP contribution < -0.4 is 4.74 Å². The van der Waals surface area contributed by atoms with E-state index in [2.05, 4.69) is 37.3 Å². The lowest BCUT2D eigenvalue weighted by Crippen LogP contribution is -1.97. The third kappa shape index (κ3) is 4.36. The molecule has 2 aromatic carbocycles. The van der Waals surface area contributed by atoms with E-state index in [9.17, 15) is 9.90 Å². The van der Waals surface area contributed by atoms with Crippen LogP contribution in [0.4, 0.5) is 0 Å². The molecule has 3 rings (SSSR count). The maximum Gasteiger partial charge on any atom is 0.307 e. The normalized spacial score (nSPS) is 14.5. The van der Waals surface area contributed by atoms with E-state index in [1.165, 1.54) is 24.8 Å². The second-order valence-corrected chi connectivity index (χ2v) is 7.34. The van der Waals surface area contributed by atoms with Crippen molar-refractivity contribution >= 4 is 23.2 Å². The number of carbonyl (C=O) groups is 1. The van der Waals surface area contributed by atoms with Crippen LogP contribution in [0.1, 0.15) is 61.8 Å². The van der Waals surface area contributed by atoms with Crippen LogP contribution in [0, 0.1) is 0 Å². The summed E-state index contributed by atoms with van der Waals surface area (Å²) >= 11 is 0. The summed E-state index contributed by atoms with van der Waals surface area (Å²) in [6, 6.07) is 14.6. The Hall–Kier alpha value is -2.81. The average Bonchev–Trinajstić information content (AvgIpc) is 2.94. The molecule has 0 unspecified atom stereocenters. The summed E-state index contributed by atoms with van der Waals surface area (Å²) in [5.74, 6) is -0.0760. The minimum absolute atomic E-state index is 0.0136. The molecule has 0 fully saturated rings. The zero-order chi connectivity index (χ0) is 20.1. The lowest BCUT2D eigenvalue weighted by atomic mass is 9.99. The molecule has 2 aromatic rings. The van der Waals surface area contributed by atoms with E-state index in [1.54, 1.807) is 7.11 Å². The number of hydrogen-bond acceptors (Lipinski definition) is 2. The van der Waals surface area contributed by atoms with Crippen LogP contribution in [-0.4, -0.2) is 18.2 Å². The van der Waals surface area contributed by atoms with Crippen molar-refractivity contribution in [3.8, 4) is 5.75 Å². The van der Waals surface area contributed by atoms with Gasteiger partial charge < -0.3 is 9.84 Å². The van der Waals surface area contributed by atoms with Crippen LogP contribution in [0.2, 0.25) is 0 Å². The van der Waals surface area contributed by atoms with Crippen molar-refractivity contribution in [2.45, 2.75) is 46.0 Å². The molecular weight excluding hydrogens is 348 g/mol. The lowest BCUT2D eigenvalue weighted by molar-refractivity contribution is -0.135. The maximum atomic E-state index is 11.4. The van der Waals surface area contributed by atoms with Gasteiger partial charge in [0.25, 0.3) is 0 Å². The Morgan fingerprint density at radius 3 is 2.46 bits per heavy atom. The highest BCUT2D eigenvalue weighted by Gasteiger charge is 2.25. The van der Waals surface area contributed by atoms with Crippen LogP contribution in [0.3, 0.4) is 0 Å². The summed E-state index contributed by atoms with van der Waals surface area (Å²) in [7, 11) is 1.63. The third-order valence-corrected chi connectivity index (χ3v) is 5.39. The fourth-order valence-corrected chi connectivity index (χ4v) is 3.79. The van der Waals surface area contributed by atoms with Gasteiger partial charge in [-0.3, -0.25) is 4.79 Å². The number of aryl methyl sites for hydroxylation is 1. The molecule has 1 N–H and O–H groups in total. The van der Waals surface area contributed by atoms with Crippen LogP contribution >= 0.6 is 0 Å². The van der Waals surface area contributed by atoms with Gasteiger partial charge in [0.2, 0.25) is 0 Å². The minimum atomic E-state index is -0.819. The van der Waals surface area contributed by atoms with Crippen molar-refractivity contribution < 1.29 is 14.6 Å². The Bertz CT molecular complexity index is 917. The van der Waals surface area contributed by atoms with Crippen LogP contribution in [0.5, 0.6) is 5.75 Å². The summed E-state index contributed by atoms with van der Waals surface area (Å²) in [6.07, 6.45) is 7.02. The molecule has 3 heteroatoms. The van der Waals surface area contributed by atoms with Crippen molar-refractivity contribution in [1.29, 1.82) is 0 Å². The molecule has 0 saturated carbocycles. The maximum absolute atomic E-state index is 11.4. The Morgan fingerprint density at radius 2 is 1.82 bits per heavy atom. The molecule has 0 heterocycles. The molecule has 0 amide bonds. The van der Waals surface area contributed by atoms with Crippen molar-refractivity contribution in [3.05, 3.63) is 70.3 Å². The molecule has 0 aliphatic heterocycles. The average molecular weight is 376 g/mol. The highest BCUT2D eigenvalue weighted by atomic mass is 16.5. The molecule has 0 atom stereocenters. The van der Waals surface area contributed by atoms with E-state index in [-0.39, 0.29) is 6.42 Å². The number of unbranched alkanes of at least 4 members (excludes halogenated alkanes) is 2. The Labute approximate surface area is 167 Å². The molecule has 0 bridgehead atoms. The van der Waals surface area contributed by atoms with Gasteiger partial charge >= 0.3 is 5.97 Å². The zero-order valence-electron chi connectivity index (χ0n) is 16.9. The molecule has 1 aliphatic carbocycles. The van der Waals surface area contributed by atoms with E-state index < -0.39 is 5.97 Å². The number of allylic oxidation sites excluding steroid dienone is 2. The SMILES string of the molecule is CCCCCc1ccc(/C=C2/C(C)=C(CC(=O)O)c3cc(OC)ccc32)cc1. The monoisotopic (exact) mass is 376 g/mol. The van der Waals surface area contributed by atoms with E-state index in [0.717, 1.165) is 45.6 Å². The number of hydrogen-bond donors (Lipinski definition) is 1. The number of carboxylic acid groups (broad SMARTS) is 1. The Balaban J connectivity index is 1.94. The van der Waals surface area contributed by atoms with Crippen molar-refractivity contribution in [2.75, 3.05) is 7.11 Å². The number of benzene rings is 2. The molecule has 3 nitrogen and oxygen atoms in total. The van der Waals surface area contributed by atoms with Gasteiger partial charge in [0, 0.05) is 0 Å². The number of ether oxygens (including phenoxy) is 1. The third-order valence-electron chi connectivity index (χ3n) is 5.39. The molecule has 28 heavy (non-hydrogen) atoms. The fraction of sp³-hybridized carbons (Fsp3) is 0.320. The highest BCUT2D eigenvalue weighted by Crippen LogP contribution is 2.44. The molecule has 146 valence electrons. The Kier molecular flexibility index (Phi) is 6.35. The highest BCUT2D eigenvalue weighted by molar-refractivity contribution is 6.07. The predicted molar refractivity (Wildman–Crippen MR) is 115 cm³/mol.